The van der Waals surface area contributed by atoms with E-state index in [0.717, 1.165) is 0 Å². The minimum Gasteiger partial charge on any atom is -0.493 e. The molecule has 1 aromatic carbocycles. The predicted molar refractivity (Wildman–Crippen MR) is 90.5 cm³/mol. The molecule has 0 aliphatic carbocycles. The zero-order valence-electron chi connectivity index (χ0n) is 14.8. The molecular weight excluding hydrogens is 326 g/mol. The second kappa shape index (κ2) is 7.57. The Balaban J connectivity index is 2.08. The Hall–Kier alpha value is -2.54. The first-order valence-electron chi connectivity index (χ1n) is 7.90. The molecule has 1 amide bonds. The van der Waals surface area contributed by atoms with Gasteiger partial charge in [-0.3, -0.25) is 4.79 Å². The maximum absolute atomic E-state index is 12.2. The van der Waals surface area contributed by atoms with Crippen molar-refractivity contribution in [3.05, 3.63) is 36.1 Å². The average Bonchev–Trinajstić information content (AvgIpc) is 2.87. The third-order valence-electron chi connectivity index (χ3n) is 3.54. The molecule has 0 saturated carbocycles. The molecule has 1 aliphatic heterocycles. The van der Waals surface area contributed by atoms with Crippen LogP contribution in [0.25, 0.3) is 0 Å². The molecule has 7 heteroatoms. The molecule has 1 unspecified atom stereocenters. The van der Waals surface area contributed by atoms with E-state index in [1.54, 1.807) is 24.3 Å². The molecule has 136 valence electrons. The van der Waals surface area contributed by atoms with Gasteiger partial charge in [-0.15, -0.1) is 0 Å². The Morgan fingerprint density at radius 2 is 1.92 bits per heavy atom. The van der Waals surface area contributed by atoms with Gasteiger partial charge in [0, 0.05) is 6.08 Å². The Morgan fingerprint density at radius 3 is 2.48 bits per heavy atom. The molecule has 1 N–H and O–H groups in total. The van der Waals surface area contributed by atoms with Gasteiger partial charge in [0.15, 0.2) is 17.5 Å². The first-order chi connectivity index (χ1) is 11.7. The highest BCUT2D eigenvalue weighted by molar-refractivity contribution is 5.94. The minimum atomic E-state index is -1.12. The summed E-state index contributed by atoms with van der Waals surface area (Å²) in [7, 11) is 1.52. The van der Waals surface area contributed by atoms with Crippen LogP contribution in [0.1, 0.15) is 20.8 Å². The quantitative estimate of drug-likeness (QED) is 0.811. The molecule has 1 aromatic rings. The fourth-order valence-corrected chi connectivity index (χ4v) is 2.31. The van der Waals surface area contributed by atoms with E-state index in [2.05, 4.69) is 0 Å². The molecule has 0 bridgehead atoms. The second-order valence-electron chi connectivity index (χ2n) is 6.61. The van der Waals surface area contributed by atoms with Crippen LogP contribution in [-0.4, -0.2) is 53.8 Å². The van der Waals surface area contributed by atoms with Gasteiger partial charge in [0.05, 0.1) is 25.9 Å². The zero-order chi connectivity index (χ0) is 18.6. The van der Waals surface area contributed by atoms with Gasteiger partial charge >= 0.3 is 5.97 Å². The molecule has 2 rings (SSSR count). The van der Waals surface area contributed by atoms with Crippen LogP contribution < -0.4 is 9.47 Å². The third-order valence-corrected chi connectivity index (χ3v) is 3.54. The summed E-state index contributed by atoms with van der Waals surface area (Å²) in [5.74, 6) is -0.195. The van der Waals surface area contributed by atoms with E-state index >= 15 is 0 Å². The van der Waals surface area contributed by atoms with Crippen molar-refractivity contribution in [3.63, 3.8) is 0 Å². The lowest BCUT2D eigenvalue weighted by molar-refractivity contribution is -0.152. The highest BCUT2D eigenvalue weighted by Gasteiger charge is 2.35. The molecule has 7 nitrogen and oxygen atoms in total. The average molecular weight is 349 g/mol. The Kier molecular flexibility index (Phi) is 5.69. The SMILES string of the molecule is COc1ccccc1OC1=CC(=O)N(C(COC(C)(C)C)C(=O)O)C1. The molecule has 0 saturated heterocycles. The summed E-state index contributed by atoms with van der Waals surface area (Å²) >= 11 is 0. The number of hydrogen-bond acceptors (Lipinski definition) is 5. The van der Waals surface area contributed by atoms with Gasteiger partial charge in [0.25, 0.3) is 5.91 Å². The van der Waals surface area contributed by atoms with E-state index in [9.17, 15) is 14.7 Å². The third kappa shape index (κ3) is 4.96. The van der Waals surface area contributed by atoms with E-state index in [1.165, 1.54) is 18.1 Å². The monoisotopic (exact) mass is 349 g/mol. The number of carbonyl (C=O) groups is 2. The Bertz CT molecular complexity index is 676. The number of hydrogen-bond donors (Lipinski definition) is 1. The van der Waals surface area contributed by atoms with E-state index in [1.807, 2.05) is 20.8 Å². The summed E-state index contributed by atoms with van der Waals surface area (Å²) in [6.45, 7) is 5.44. The van der Waals surface area contributed by atoms with Crippen molar-refractivity contribution in [1.82, 2.24) is 4.90 Å². The normalized spacial score (nSPS) is 15.8. The number of carbonyl (C=O) groups excluding carboxylic acids is 1. The molecule has 1 aliphatic rings. The molecule has 1 heterocycles. The highest BCUT2D eigenvalue weighted by atomic mass is 16.5. The number of para-hydroxylation sites is 2. The van der Waals surface area contributed by atoms with Crippen molar-refractivity contribution in [2.75, 3.05) is 20.3 Å². The smallest absolute Gasteiger partial charge is 0.328 e. The van der Waals surface area contributed by atoms with Gasteiger partial charge in [0.2, 0.25) is 0 Å². The summed E-state index contributed by atoms with van der Waals surface area (Å²) < 4.78 is 16.5. The lowest BCUT2D eigenvalue weighted by Crippen LogP contribution is -2.47. The van der Waals surface area contributed by atoms with E-state index in [-0.39, 0.29) is 13.2 Å². The summed E-state index contributed by atoms with van der Waals surface area (Å²) in [6.07, 6.45) is 1.29. The van der Waals surface area contributed by atoms with E-state index < -0.39 is 23.5 Å². The number of carboxylic acids is 1. The number of benzene rings is 1. The highest BCUT2D eigenvalue weighted by Crippen LogP contribution is 2.29. The van der Waals surface area contributed by atoms with Gasteiger partial charge in [-0.25, -0.2) is 4.79 Å². The van der Waals surface area contributed by atoms with Crippen LogP contribution in [-0.2, 0) is 14.3 Å². The van der Waals surface area contributed by atoms with Crippen molar-refractivity contribution in [2.45, 2.75) is 32.4 Å². The van der Waals surface area contributed by atoms with E-state index in [4.69, 9.17) is 14.2 Å². The maximum Gasteiger partial charge on any atom is 0.328 e. The Labute approximate surface area is 146 Å². The van der Waals surface area contributed by atoms with Crippen LogP contribution in [0.3, 0.4) is 0 Å². The predicted octanol–water partition coefficient (Wildman–Crippen LogP) is 2.07. The van der Waals surface area contributed by atoms with Crippen molar-refractivity contribution in [2.24, 2.45) is 0 Å². The van der Waals surface area contributed by atoms with Crippen molar-refractivity contribution < 1.29 is 28.9 Å². The molecule has 0 radical (unpaired) electrons. The largest absolute Gasteiger partial charge is 0.493 e. The van der Waals surface area contributed by atoms with Crippen molar-refractivity contribution >= 4 is 11.9 Å². The van der Waals surface area contributed by atoms with Crippen molar-refractivity contribution in [3.8, 4) is 11.5 Å². The van der Waals surface area contributed by atoms with Gasteiger partial charge in [-0.05, 0) is 32.9 Å². The van der Waals surface area contributed by atoms with Crippen LogP contribution >= 0.6 is 0 Å². The first kappa shape index (κ1) is 18.8. The number of aliphatic carboxylic acids is 1. The summed E-state index contributed by atoms with van der Waals surface area (Å²) in [5, 5.41) is 9.45. The molecule has 0 spiro atoms. The molecular formula is C18H23NO6. The van der Waals surface area contributed by atoms with Crippen molar-refractivity contribution in [1.29, 1.82) is 0 Å². The van der Waals surface area contributed by atoms with Gasteiger partial charge in [0.1, 0.15) is 5.76 Å². The second-order valence-corrected chi connectivity index (χ2v) is 6.61. The number of carboxylic acid groups (broad SMARTS) is 1. The standard InChI is InChI=1S/C18H23NO6/c1-18(2,3)24-11-13(17(21)22)19-10-12(9-16(19)20)25-15-8-6-5-7-14(15)23-4/h5-9,13H,10-11H2,1-4H3,(H,21,22). The summed E-state index contributed by atoms with van der Waals surface area (Å²) in [5.41, 5.74) is -0.499. The van der Waals surface area contributed by atoms with Crippen LogP contribution in [0.5, 0.6) is 11.5 Å². The number of rotatable bonds is 7. The van der Waals surface area contributed by atoms with Crippen LogP contribution in [0.15, 0.2) is 36.1 Å². The number of amides is 1. The zero-order valence-corrected chi connectivity index (χ0v) is 14.8. The number of nitrogens with zero attached hydrogens (tertiary/aromatic N) is 1. The van der Waals surface area contributed by atoms with Crippen LogP contribution in [0.2, 0.25) is 0 Å². The molecule has 0 fully saturated rings. The number of methoxy groups -OCH3 is 1. The molecule has 0 aromatic heterocycles. The fourth-order valence-electron chi connectivity index (χ4n) is 2.31. The van der Waals surface area contributed by atoms with Gasteiger partial charge in [-0.1, -0.05) is 12.1 Å². The van der Waals surface area contributed by atoms with Crippen LogP contribution in [0, 0.1) is 0 Å². The fraction of sp³-hybridized carbons (Fsp3) is 0.444. The minimum absolute atomic E-state index is 0.0569. The molecule has 1 atom stereocenters. The van der Waals surface area contributed by atoms with Gasteiger partial charge < -0.3 is 24.2 Å². The lowest BCUT2D eigenvalue weighted by Gasteiger charge is -2.28. The van der Waals surface area contributed by atoms with Crippen LogP contribution in [0.4, 0.5) is 0 Å². The topological polar surface area (TPSA) is 85.3 Å². The molecule has 25 heavy (non-hydrogen) atoms. The van der Waals surface area contributed by atoms with E-state index in [0.29, 0.717) is 17.3 Å². The summed E-state index contributed by atoms with van der Waals surface area (Å²) in [6, 6.07) is 5.95. The number of ether oxygens (including phenoxy) is 3. The maximum atomic E-state index is 12.2. The Morgan fingerprint density at radius 1 is 1.28 bits per heavy atom. The summed E-state index contributed by atoms with van der Waals surface area (Å²) in [4.78, 5) is 25.0. The van der Waals surface area contributed by atoms with Gasteiger partial charge in [-0.2, -0.15) is 0 Å². The lowest BCUT2D eigenvalue weighted by atomic mass is 10.2. The first-order valence-corrected chi connectivity index (χ1v) is 7.90.